The second kappa shape index (κ2) is 11.2. The van der Waals surface area contributed by atoms with E-state index >= 15 is 0 Å². The second-order valence-corrected chi connectivity index (χ2v) is 11.0. The molecule has 0 aliphatic rings. The van der Waals surface area contributed by atoms with Crippen molar-refractivity contribution in [1.82, 2.24) is 19.5 Å². The molecule has 8 aromatic rings. The number of para-hydroxylation sites is 1. The van der Waals surface area contributed by atoms with Gasteiger partial charge in [-0.15, -0.1) is 0 Å². The van der Waals surface area contributed by atoms with E-state index < -0.39 is 0 Å². The summed E-state index contributed by atoms with van der Waals surface area (Å²) in [5.74, 6) is 1.21. The first-order valence-corrected chi connectivity index (χ1v) is 14.9. The fourth-order valence-electron chi connectivity index (χ4n) is 6.01. The number of benzene rings is 6. The van der Waals surface area contributed by atoms with Crippen molar-refractivity contribution in [3.05, 3.63) is 157 Å². The first-order chi connectivity index (χ1) is 22.7. The number of hydrogen-bond donors (Lipinski definition) is 0. The van der Waals surface area contributed by atoms with E-state index in [9.17, 15) is 9.65 Å². The van der Waals surface area contributed by atoms with Gasteiger partial charge in [-0.25, -0.2) is 19.3 Å². The van der Waals surface area contributed by atoms with Gasteiger partial charge in [-0.05, 0) is 53.6 Å². The van der Waals surface area contributed by atoms with Crippen molar-refractivity contribution in [3.8, 4) is 57.0 Å². The summed E-state index contributed by atoms with van der Waals surface area (Å²) in [5.41, 5.74) is 7.28. The van der Waals surface area contributed by atoms with E-state index in [-0.39, 0.29) is 5.82 Å². The lowest BCUT2D eigenvalue weighted by atomic mass is 9.98. The first kappa shape index (κ1) is 27.1. The summed E-state index contributed by atoms with van der Waals surface area (Å²) >= 11 is 0. The van der Waals surface area contributed by atoms with Gasteiger partial charge in [-0.1, -0.05) is 103 Å². The Morgan fingerprint density at radius 1 is 0.500 bits per heavy atom. The fraction of sp³-hybridized carbons (Fsp3) is 0. The highest BCUT2D eigenvalue weighted by atomic mass is 19.1. The molecule has 216 valence electrons. The van der Waals surface area contributed by atoms with E-state index in [1.807, 2.05) is 115 Å². The molecular formula is C40H24FN5. The molecule has 8 rings (SSSR count). The summed E-state index contributed by atoms with van der Waals surface area (Å²) in [7, 11) is 0. The lowest BCUT2D eigenvalue weighted by Gasteiger charge is -2.15. The molecule has 46 heavy (non-hydrogen) atoms. The van der Waals surface area contributed by atoms with Crippen LogP contribution in [0.3, 0.4) is 0 Å². The van der Waals surface area contributed by atoms with Crippen LogP contribution in [0.5, 0.6) is 0 Å². The van der Waals surface area contributed by atoms with Crippen LogP contribution in [0.4, 0.5) is 4.39 Å². The minimum Gasteiger partial charge on any atom is -0.309 e. The van der Waals surface area contributed by atoms with Crippen LogP contribution < -0.4 is 0 Å². The van der Waals surface area contributed by atoms with Gasteiger partial charge in [-0.3, -0.25) is 0 Å². The highest BCUT2D eigenvalue weighted by molar-refractivity contribution is 6.09. The first-order valence-electron chi connectivity index (χ1n) is 14.9. The second-order valence-electron chi connectivity index (χ2n) is 11.0. The Balaban J connectivity index is 1.44. The standard InChI is InChI=1S/C40H24FN5/c41-30-15-9-14-29(23-30)32-21-19-31(46-36-17-8-7-16-33(36)34-20-18-26(25-42)22-37(34)46)24-35(32)40-44-38(27-10-3-1-4-11-27)43-39(45-40)28-12-5-2-6-13-28/h1-24H. The van der Waals surface area contributed by atoms with Gasteiger partial charge in [0.15, 0.2) is 17.5 Å². The third-order valence-electron chi connectivity index (χ3n) is 8.14. The zero-order valence-electron chi connectivity index (χ0n) is 24.5. The molecule has 2 aromatic heterocycles. The molecule has 0 N–H and O–H groups in total. The van der Waals surface area contributed by atoms with Crippen molar-refractivity contribution < 1.29 is 4.39 Å². The van der Waals surface area contributed by atoms with Crippen molar-refractivity contribution in [2.24, 2.45) is 0 Å². The summed E-state index contributed by atoms with van der Waals surface area (Å²) in [4.78, 5) is 14.9. The van der Waals surface area contributed by atoms with Crippen LogP contribution in [0.15, 0.2) is 146 Å². The number of hydrogen-bond acceptors (Lipinski definition) is 4. The summed E-state index contributed by atoms with van der Waals surface area (Å²) < 4.78 is 16.8. The number of nitrogens with zero attached hydrogens (tertiary/aromatic N) is 5. The summed E-state index contributed by atoms with van der Waals surface area (Å²) in [5, 5.41) is 11.9. The predicted molar refractivity (Wildman–Crippen MR) is 181 cm³/mol. The lowest BCUT2D eigenvalue weighted by Crippen LogP contribution is -2.02. The molecular weight excluding hydrogens is 569 g/mol. The van der Waals surface area contributed by atoms with Gasteiger partial charge in [0.05, 0.1) is 22.7 Å². The largest absolute Gasteiger partial charge is 0.309 e. The molecule has 0 atom stereocenters. The van der Waals surface area contributed by atoms with Gasteiger partial charge in [0.2, 0.25) is 0 Å². The third-order valence-corrected chi connectivity index (χ3v) is 8.14. The Morgan fingerprint density at radius 3 is 1.83 bits per heavy atom. The maximum atomic E-state index is 14.6. The number of fused-ring (bicyclic) bond motifs is 3. The molecule has 0 amide bonds. The van der Waals surface area contributed by atoms with E-state index in [1.54, 1.807) is 6.07 Å². The lowest BCUT2D eigenvalue weighted by molar-refractivity contribution is 0.628. The Kier molecular flexibility index (Phi) is 6.63. The van der Waals surface area contributed by atoms with Crippen LogP contribution in [-0.4, -0.2) is 19.5 Å². The predicted octanol–water partition coefficient (Wildman–Crippen LogP) is 9.65. The van der Waals surface area contributed by atoms with E-state index in [0.29, 0.717) is 28.6 Å². The molecule has 0 bridgehead atoms. The van der Waals surface area contributed by atoms with E-state index in [1.165, 1.54) is 12.1 Å². The van der Waals surface area contributed by atoms with Gasteiger partial charge in [0, 0.05) is 33.2 Å². The quantitative estimate of drug-likeness (QED) is 0.199. The van der Waals surface area contributed by atoms with Gasteiger partial charge in [0.1, 0.15) is 5.82 Å². The minimum atomic E-state index is -0.329. The van der Waals surface area contributed by atoms with Crippen molar-refractivity contribution in [2.75, 3.05) is 0 Å². The Hall–Kier alpha value is -6.45. The average Bonchev–Trinajstić information content (AvgIpc) is 3.45. The molecule has 0 saturated heterocycles. The summed E-state index contributed by atoms with van der Waals surface area (Å²) in [6.45, 7) is 0. The minimum absolute atomic E-state index is 0.329. The Morgan fingerprint density at radius 2 is 1.13 bits per heavy atom. The van der Waals surface area contributed by atoms with E-state index in [0.717, 1.165) is 49.7 Å². The highest BCUT2D eigenvalue weighted by Crippen LogP contribution is 2.38. The third kappa shape index (κ3) is 4.77. The van der Waals surface area contributed by atoms with Crippen LogP contribution in [0.25, 0.3) is 72.8 Å². The number of rotatable bonds is 5. The molecule has 2 heterocycles. The van der Waals surface area contributed by atoms with Gasteiger partial charge in [-0.2, -0.15) is 5.26 Å². The van der Waals surface area contributed by atoms with Crippen LogP contribution in [0.2, 0.25) is 0 Å². The van der Waals surface area contributed by atoms with Crippen LogP contribution in [0.1, 0.15) is 5.56 Å². The highest BCUT2D eigenvalue weighted by Gasteiger charge is 2.19. The van der Waals surface area contributed by atoms with Crippen LogP contribution in [-0.2, 0) is 0 Å². The summed E-state index contributed by atoms with van der Waals surface area (Å²) in [6.07, 6.45) is 0. The molecule has 0 unspecified atom stereocenters. The SMILES string of the molecule is N#Cc1ccc2c3ccccc3n(-c3ccc(-c4cccc(F)c4)c(-c4nc(-c5ccccc5)nc(-c5ccccc5)n4)c3)c2c1. The number of halogens is 1. The van der Waals surface area contributed by atoms with Crippen LogP contribution >= 0.6 is 0 Å². The monoisotopic (exact) mass is 593 g/mol. The molecule has 0 spiro atoms. The van der Waals surface area contributed by atoms with Crippen LogP contribution in [0, 0.1) is 17.1 Å². The van der Waals surface area contributed by atoms with E-state index in [2.05, 4.69) is 22.8 Å². The average molecular weight is 594 g/mol. The molecule has 0 aliphatic heterocycles. The number of aromatic nitrogens is 4. The fourth-order valence-corrected chi connectivity index (χ4v) is 6.01. The molecule has 0 saturated carbocycles. The molecule has 0 radical (unpaired) electrons. The van der Waals surface area contributed by atoms with Crippen molar-refractivity contribution in [3.63, 3.8) is 0 Å². The van der Waals surface area contributed by atoms with Crippen molar-refractivity contribution in [1.29, 1.82) is 5.26 Å². The molecule has 0 fully saturated rings. The Bertz CT molecular complexity index is 2390. The van der Waals surface area contributed by atoms with Gasteiger partial charge < -0.3 is 4.57 Å². The normalized spacial score (nSPS) is 11.1. The molecule has 0 aliphatic carbocycles. The zero-order chi connectivity index (χ0) is 31.0. The van der Waals surface area contributed by atoms with Gasteiger partial charge in [0.25, 0.3) is 0 Å². The molecule has 6 aromatic carbocycles. The maximum Gasteiger partial charge on any atom is 0.164 e. The molecule has 5 nitrogen and oxygen atoms in total. The number of nitriles is 1. The van der Waals surface area contributed by atoms with Gasteiger partial charge >= 0.3 is 0 Å². The Labute approximate surface area is 264 Å². The maximum absolute atomic E-state index is 14.6. The van der Waals surface area contributed by atoms with Crippen molar-refractivity contribution >= 4 is 21.8 Å². The summed E-state index contributed by atoms with van der Waals surface area (Å²) in [6, 6.07) is 48.5. The van der Waals surface area contributed by atoms with E-state index in [4.69, 9.17) is 15.0 Å². The molecule has 6 heteroatoms. The topological polar surface area (TPSA) is 67.4 Å². The van der Waals surface area contributed by atoms with Crippen molar-refractivity contribution in [2.45, 2.75) is 0 Å². The smallest absolute Gasteiger partial charge is 0.164 e. The zero-order valence-corrected chi connectivity index (χ0v) is 24.5.